The van der Waals surface area contributed by atoms with E-state index >= 15 is 0 Å². The molecular formula is C35H45FN4O6. The molecule has 1 aliphatic heterocycles. The number of Topliss-reactive ketones (excluding diaryl/α,β-unsaturated/α-hetero) is 1. The van der Waals surface area contributed by atoms with Crippen LogP contribution in [0, 0.1) is 17.7 Å². The first kappa shape index (κ1) is 33.6. The van der Waals surface area contributed by atoms with E-state index < -0.39 is 5.82 Å². The number of fused-ring (bicyclic) bond motifs is 1. The minimum atomic E-state index is -0.490. The summed E-state index contributed by atoms with van der Waals surface area (Å²) >= 11 is 0. The quantitative estimate of drug-likeness (QED) is 0.0634. The summed E-state index contributed by atoms with van der Waals surface area (Å²) in [6, 6.07) is 8.60. The predicted molar refractivity (Wildman–Crippen MR) is 173 cm³/mol. The molecule has 1 aliphatic carbocycles. The Morgan fingerprint density at radius 1 is 1.09 bits per heavy atom. The van der Waals surface area contributed by atoms with Gasteiger partial charge in [0.25, 0.3) is 0 Å². The van der Waals surface area contributed by atoms with Gasteiger partial charge in [-0.3, -0.25) is 9.69 Å². The van der Waals surface area contributed by atoms with E-state index in [1.54, 1.807) is 6.07 Å². The van der Waals surface area contributed by atoms with E-state index in [0.717, 1.165) is 67.7 Å². The van der Waals surface area contributed by atoms with Crippen molar-refractivity contribution in [3.05, 3.63) is 77.0 Å². The number of hydrogen-bond acceptors (Lipinski definition) is 9. The van der Waals surface area contributed by atoms with Crippen molar-refractivity contribution in [1.82, 2.24) is 14.5 Å². The first-order valence-electron chi connectivity index (χ1n) is 16.0. The van der Waals surface area contributed by atoms with E-state index in [4.69, 9.17) is 34.7 Å². The Balaban J connectivity index is 1.10. The SMILES string of the molecule is CCCOCn1c(CN2CCC(/C(N)=C/C=C\COCc3c(F)cc(C(=O)C4CC4)cc3OC)CC2)nc2ccc(OOC)cc21. The highest BCUT2D eigenvalue weighted by Gasteiger charge is 2.31. The first-order chi connectivity index (χ1) is 22.4. The Hall–Kier alpha value is -3.77. The number of imidazole rings is 1. The average molecular weight is 637 g/mol. The third-order valence-corrected chi connectivity index (χ3v) is 8.46. The molecule has 5 rings (SSSR count). The lowest BCUT2D eigenvalue weighted by Crippen LogP contribution is -2.35. The molecule has 2 aromatic carbocycles. The number of benzene rings is 2. The molecule has 248 valence electrons. The molecule has 10 nitrogen and oxygen atoms in total. The molecule has 11 heteroatoms. The van der Waals surface area contributed by atoms with Gasteiger partial charge in [-0.15, -0.1) is 0 Å². The molecule has 2 aliphatic rings. The van der Waals surface area contributed by atoms with E-state index in [1.165, 1.54) is 20.3 Å². The van der Waals surface area contributed by atoms with E-state index in [9.17, 15) is 9.18 Å². The molecule has 2 heterocycles. The van der Waals surface area contributed by atoms with Gasteiger partial charge < -0.3 is 29.4 Å². The van der Waals surface area contributed by atoms with Gasteiger partial charge >= 0.3 is 0 Å². The highest BCUT2D eigenvalue weighted by molar-refractivity contribution is 5.99. The topological polar surface area (TPSA) is 110 Å². The summed E-state index contributed by atoms with van der Waals surface area (Å²) in [5, 5.41) is 0. The number of aromatic nitrogens is 2. The standard InChI is InChI=1S/C35H45FN4O6/c1-4-16-45-23-40-32-20-27(46-43-3)10-11-31(32)38-34(40)21-39-14-12-24(13-15-39)30(37)7-5-6-17-44-22-28-29(36)18-26(19-33(28)42-2)35(41)25-8-9-25/h5-7,10-11,18-20,24-25H,4,8-9,12-17,21-23,37H2,1-3H3/b6-5-,30-7-. The molecule has 1 saturated carbocycles. The van der Waals surface area contributed by atoms with Crippen molar-refractivity contribution in [3.8, 4) is 11.5 Å². The maximum absolute atomic E-state index is 14.8. The monoisotopic (exact) mass is 636 g/mol. The van der Waals surface area contributed by atoms with Gasteiger partial charge in [0.2, 0.25) is 0 Å². The Morgan fingerprint density at radius 3 is 2.61 bits per heavy atom. The van der Waals surface area contributed by atoms with Crippen LogP contribution in [0.3, 0.4) is 0 Å². The number of methoxy groups -OCH3 is 1. The molecule has 3 aromatic rings. The number of carbonyl (C=O) groups is 1. The summed E-state index contributed by atoms with van der Waals surface area (Å²) in [5.41, 5.74) is 9.79. The Labute approximate surface area is 269 Å². The molecule has 0 spiro atoms. The first-order valence-corrected chi connectivity index (χ1v) is 16.0. The van der Waals surface area contributed by atoms with Gasteiger partial charge in [-0.2, -0.15) is 4.89 Å². The summed E-state index contributed by atoms with van der Waals surface area (Å²) in [4.78, 5) is 29.7. The summed E-state index contributed by atoms with van der Waals surface area (Å²) in [6.07, 6.45) is 10.2. The van der Waals surface area contributed by atoms with Crippen LogP contribution in [-0.4, -0.2) is 60.8 Å². The van der Waals surface area contributed by atoms with Gasteiger partial charge in [-0.05, 0) is 75.5 Å². The lowest BCUT2D eigenvalue weighted by molar-refractivity contribution is -0.178. The zero-order valence-electron chi connectivity index (χ0n) is 27.0. The number of nitrogens with zero attached hydrogens (tertiary/aromatic N) is 3. The maximum Gasteiger partial charge on any atom is 0.167 e. The van der Waals surface area contributed by atoms with Crippen LogP contribution in [0.25, 0.3) is 11.0 Å². The van der Waals surface area contributed by atoms with Crippen LogP contribution in [0.5, 0.6) is 11.5 Å². The largest absolute Gasteiger partial charge is 0.496 e. The maximum atomic E-state index is 14.8. The van der Waals surface area contributed by atoms with Crippen LogP contribution in [0.4, 0.5) is 4.39 Å². The minimum Gasteiger partial charge on any atom is -0.496 e. The highest BCUT2D eigenvalue weighted by atomic mass is 19.1. The Kier molecular flexibility index (Phi) is 11.8. The molecule has 0 unspecified atom stereocenters. The van der Waals surface area contributed by atoms with Gasteiger partial charge in [0.05, 0.1) is 50.6 Å². The molecular weight excluding hydrogens is 591 g/mol. The van der Waals surface area contributed by atoms with Gasteiger partial charge in [0, 0.05) is 35.8 Å². The van der Waals surface area contributed by atoms with E-state index in [1.807, 2.05) is 36.4 Å². The van der Waals surface area contributed by atoms with Crippen LogP contribution < -0.4 is 15.4 Å². The number of likely N-dealkylation sites (tertiary alicyclic amines) is 1. The molecule has 2 N–H and O–H groups in total. The summed E-state index contributed by atoms with van der Waals surface area (Å²) in [6.45, 7) is 6.04. The van der Waals surface area contributed by atoms with Crippen molar-refractivity contribution in [2.24, 2.45) is 17.6 Å². The Bertz CT molecular complexity index is 1540. The predicted octanol–water partition coefficient (Wildman–Crippen LogP) is 5.93. The van der Waals surface area contributed by atoms with E-state index in [0.29, 0.717) is 42.5 Å². The fraction of sp³-hybridized carbons (Fsp3) is 0.486. The molecule has 2 fully saturated rings. The number of piperidine rings is 1. The number of ketones is 1. The third-order valence-electron chi connectivity index (χ3n) is 8.46. The Morgan fingerprint density at radius 2 is 1.89 bits per heavy atom. The van der Waals surface area contributed by atoms with E-state index in [2.05, 4.69) is 16.4 Å². The van der Waals surface area contributed by atoms with Crippen LogP contribution >= 0.6 is 0 Å². The molecule has 1 saturated heterocycles. The fourth-order valence-corrected chi connectivity index (χ4v) is 5.75. The number of ether oxygens (including phenoxy) is 3. The van der Waals surface area contributed by atoms with Crippen LogP contribution in [0.15, 0.2) is 54.3 Å². The second kappa shape index (κ2) is 16.2. The van der Waals surface area contributed by atoms with Crippen LogP contribution in [-0.2, 0) is 34.2 Å². The van der Waals surface area contributed by atoms with Crippen molar-refractivity contribution in [3.63, 3.8) is 0 Å². The summed E-state index contributed by atoms with van der Waals surface area (Å²) < 4.78 is 33.8. The second-order valence-electron chi connectivity index (χ2n) is 11.8. The molecule has 46 heavy (non-hydrogen) atoms. The van der Waals surface area contributed by atoms with E-state index in [-0.39, 0.29) is 30.8 Å². The lowest BCUT2D eigenvalue weighted by atomic mass is 9.93. The van der Waals surface area contributed by atoms with Crippen molar-refractivity contribution in [2.45, 2.75) is 58.9 Å². The minimum absolute atomic E-state index is 0.0168. The number of carbonyl (C=O) groups excluding carboxylic acids is 1. The van der Waals surface area contributed by atoms with Crippen molar-refractivity contribution in [2.75, 3.05) is 40.5 Å². The number of hydrogen-bond donors (Lipinski definition) is 1. The molecule has 0 amide bonds. The van der Waals surface area contributed by atoms with Crippen LogP contribution in [0.1, 0.15) is 60.8 Å². The fourth-order valence-electron chi connectivity index (χ4n) is 5.75. The normalized spacial score (nSPS) is 16.5. The number of rotatable bonds is 17. The summed E-state index contributed by atoms with van der Waals surface area (Å²) in [7, 11) is 2.95. The molecule has 0 bridgehead atoms. The van der Waals surface area contributed by atoms with Gasteiger partial charge in [0.1, 0.15) is 24.1 Å². The number of halogens is 1. The van der Waals surface area contributed by atoms with Crippen molar-refractivity contribution < 1.29 is 33.2 Å². The van der Waals surface area contributed by atoms with Gasteiger partial charge in [0.15, 0.2) is 11.5 Å². The number of nitrogens with two attached hydrogens (primary N) is 1. The second-order valence-corrected chi connectivity index (χ2v) is 11.8. The average Bonchev–Trinajstić information content (AvgIpc) is 3.86. The zero-order valence-corrected chi connectivity index (χ0v) is 27.0. The van der Waals surface area contributed by atoms with Crippen molar-refractivity contribution in [1.29, 1.82) is 0 Å². The van der Waals surface area contributed by atoms with Crippen LogP contribution in [0.2, 0.25) is 0 Å². The zero-order chi connectivity index (χ0) is 32.5. The smallest absolute Gasteiger partial charge is 0.167 e. The van der Waals surface area contributed by atoms with Gasteiger partial charge in [-0.25, -0.2) is 9.37 Å². The third kappa shape index (κ3) is 8.52. The summed E-state index contributed by atoms with van der Waals surface area (Å²) in [5.74, 6) is 1.69. The van der Waals surface area contributed by atoms with Gasteiger partial charge in [-0.1, -0.05) is 19.1 Å². The van der Waals surface area contributed by atoms with Crippen molar-refractivity contribution >= 4 is 16.8 Å². The highest BCUT2D eigenvalue weighted by Crippen LogP contribution is 2.35. The molecule has 1 aromatic heterocycles. The lowest BCUT2D eigenvalue weighted by Gasteiger charge is -2.32. The molecule has 0 radical (unpaired) electrons. The number of allylic oxidation sites excluding steroid dienone is 3. The molecule has 0 atom stereocenters.